The second-order valence-corrected chi connectivity index (χ2v) is 9.94. The standard InChI is InChI=1S/C20H23ClN2O4S2/c1-27-18-5-7-19(8-6-18)29(25,26)23-11-9-22(10-12-23)20(24)15-28-14-16-3-2-4-17(21)13-16/h2-8,13H,9-12,14-15H2,1H3. The molecule has 0 N–H and O–H groups in total. The van der Waals surface area contributed by atoms with Gasteiger partial charge in [0.15, 0.2) is 0 Å². The largest absolute Gasteiger partial charge is 0.497 e. The van der Waals surface area contributed by atoms with E-state index >= 15 is 0 Å². The van der Waals surface area contributed by atoms with Gasteiger partial charge in [-0.2, -0.15) is 4.31 Å². The number of halogens is 1. The normalized spacial score (nSPS) is 15.3. The van der Waals surface area contributed by atoms with Gasteiger partial charge in [0.2, 0.25) is 15.9 Å². The highest BCUT2D eigenvalue weighted by atomic mass is 35.5. The third-order valence-corrected chi connectivity index (χ3v) is 7.81. The molecule has 3 rings (SSSR count). The number of thioether (sulfide) groups is 1. The van der Waals surface area contributed by atoms with Crippen LogP contribution in [0.1, 0.15) is 5.56 Å². The van der Waals surface area contributed by atoms with Crippen molar-refractivity contribution < 1.29 is 17.9 Å². The Morgan fingerprint density at radius 2 is 1.79 bits per heavy atom. The maximum atomic E-state index is 12.8. The van der Waals surface area contributed by atoms with Crippen LogP contribution in [0.4, 0.5) is 0 Å². The average Bonchev–Trinajstić information content (AvgIpc) is 2.74. The first kappa shape index (κ1) is 22.0. The summed E-state index contributed by atoms with van der Waals surface area (Å²) in [5.41, 5.74) is 1.07. The lowest BCUT2D eigenvalue weighted by atomic mass is 10.2. The fourth-order valence-electron chi connectivity index (χ4n) is 3.05. The number of amides is 1. The minimum atomic E-state index is -3.57. The minimum Gasteiger partial charge on any atom is -0.497 e. The summed E-state index contributed by atoms with van der Waals surface area (Å²) in [5.74, 6) is 1.70. The summed E-state index contributed by atoms with van der Waals surface area (Å²) in [6.45, 7) is 1.37. The molecule has 9 heteroatoms. The van der Waals surface area contributed by atoms with Gasteiger partial charge in [-0.1, -0.05) is 23.7 Å². The Balaban J connectivity index is 1.49. The van der Waals surface area contributed by atoms with Crippen LogP contribution in [-0.4, -0.2) is 62.6 Å². The molecule has 0 radical (unpaired) electrons. The molecule has 1 aliphatic heterocycles. The van der Waals surface area contributed by atoms with Crippen molar-refractivity contribution in [2.45, 2.75) is 10.6 Å². The molecule has 0 aromatic heterocycles. The first-order valence-electron chi connectivity index (χ1n) is 9.14. The Hall–Kier alpha value is -1.74. The van der Waals surface area contributed by atoms with Gasteiger partial charge in [-0.25, -0.2) is 8.42 Å². The number of sulfonamides is 1. The lowest BCUT2D eigenvalue weighted by molar-refractivity contribution is -0.129. The molecular formula is C20H23ClN2O4S2. The predicted molar refractivity (Wildman–Crippen MR) is 116 cm³/mol. The lowest BCUT2D eigenvalue weighted by Gasteiger charge is -2.34. The van der Waals surface area contributed by atoms with Gasteiger partial charge in [-0.15, -0.1) is 11.8 Å². The molecule has 2 aromatic rings. The number of benzene rings is 2. The molecule has 1 aliphatic rings. The van der Waals surface area contributed by atoms with E-state index in [0.29, 0.717) is 48.5 Å². The second-order valence-electron chi connectivity index (χ2n) is 6.58. The number of ether oxygens (including phenoxy) is 1. The third kappa shape index (κ3) is 5.66. The molecular weight excluding hydrogens is 432 g/mol. The molecule has 29 heavy (non-hydrogen) atoms. The topological polar surface area (TPSA) is 66.9 Å². The number of carbonyl (C=O) groups is 1. The average molecular weight is 455 g/mol. The molecule has 1 saturated heterocycles. The van der Waals surface area contributed by atoms with Gasteiger partial charge in [0, 0.05) is 37.0 Å². The number of piperazine rings is 1. The van der Waals surface area contributed by atoms with Crippen LogP contribution < -0.4 is 4.74 Å². The molecule has 1 fully saturated rings. The number of nitrogens with zero attached hydrogens (tertiary/aromatic N) is 2. The highest BCUT2D eigenvalue weighted by molar-refractivity contribution is 7.99. The van der Waals surface area contributed by atoms with Gasteiger partial charge in [-0.05, 0) is 42.0 Å². The number of carbonyl (C=O) groups excluding carboxylic acids is 1. The van der Waals surface area contributed by atoms with Crippen molar-refractivity contribution in [3.63, 3.8) is 0 Å². The van der Waals surface area contributed by atoms with E-state index in [1.54, 1.807) is 17.0 Å². The van der Waals surface area contributed by atoms with Crippen LogP contribution in [0.2, 0.25) is 5.02 Å². The Bertz CT molecular complexity index is 943. The van der Waals surface area contributed by atoms with Crippen LogP contribution in [0.15, 0.2) is 53.4 Å². The first-order chi connectivity index (χ1) is 13.9. The summed E-state index contributed by atoms with van der Waals surface area (Å²) >= 11 is 7.50. The molecule has 0 atom stereocenters. The molecule has 156 valence electrons. The number of methoxy groups -OCH3 is 1. The van der Waals surface area contributed by atoms with Crippen LogP contribution in [0.3, 0.4) is 0 Å². The van der Waals surface area contributed by atoms with E-state index in [1.807, 2.05) is 24.3 Å². The van der Waals surface area contributed by atoms with Gasteiger partial charge in [0.05, 0.1) is 17.8 Å². The van der Waals surface area contributed by atoms with E-state index in [9.17, 15) is 13.2 Å². The Labute approximate surface area is 180 Å². The predicted octanol–water partition coefficient (Wildman–Crippen LogP) is 3.11. The quantitative estimate of drug-likeness (QED) is 0.643. The van der Waals surface area contributed by atoms with Crippen LogP contribution in [0.5, 0.6) is 5.75 Å². The van der Waals surface area contributed by atoms with Crippen molar-refractivity contribution in [1.29, 1.82) is 0 Å². The van der Waals surface area contributed by atoms with E-state index in [2.05, 4.69) is 0 Å². The molecule has 2 aromatic carbocycles. The first-order valence-corrected chi connectivity index (χ1v) is 12.1. The molecule has 0 bridgehead atoms. The summed E-state index contributed by atoms with van der Waals surface area (Å²) in [4.78, 5) is 14.4. The molecule has 1 heterocycles. The van der Waals surface area contributed by atoms with Crippen LogP contribution in [0, 0.1) is 0 Å². The molecule has 1 amide bonds. The van der Waals surface area contributed by atoms with Gasteiger partial charge in [0.25, 0.3) is 0 Å². The van der Waals surface area contributed by atoms with Crippen molar-refractivity contribution in [2.75, 3.05) is 39.0 Å². The van der Waals surface area contributed by atoms with Gasteiger partial charge in [-0.3, -0.25) is 4.79 Å². The van der Waals surface area contributed by atoms with Crippen molar-refractivity contribution >= 4 is 39.3 Å². The van der Waals surface area contributed by atoms with Crippen molar-refractivity contribution in [3.05, 3.63) is 59.1 Å². The van der Waals surface area contributed by atoms with E-state index in [0.717, 1.165) is 5.56 Å². The van der Waals surface area contributed by atoms with E-state index < -0.39 is 10.0 Å². The van der Waals surface area contributed by atoms with E-state index in [-0.39, 0.29) is 10.8 Å². The summed E-state index contributed by atoms with van der Waals surface area (Å²) < 4.78 is 32.1. The zero-order valence-corrected chi connectivity index (χ0v) is 18.5. The Morgan fingerprint density at radius 3 is 2.41 bits per heavy atom. The maximum absolute atomic E-state index is 12.8. The van der Waals surface area contributed by atoms with Crippen LogP contribution >= 0.6 is 23.4 Å². The molecule has 6 nitrogen and oxygen atoms in total. The summed E-state index contributed by atoms with van der Waals surface area (Å²) in [7, 11) is -2.04. The van der Waals surface area contributed by atoms with Crippen molar-refractivity contribution in [2.24, 2.45) is 0 Å². The summed E-state index contributed by atoms with van der Waals surface area (Å²) in [6.07, 6.45) is 0. The minimum absolute atomic E-state index is 0.0264. The number of hydrogen-bond acceptors (Lipinski definition) is 5. The fourth-order valence-corrected chi connectivity index (χ4v) is 5.56. The van der Waals surface area contributed by atoms with Gasteiger partial charge >= 0.3 is 0 Å². The SMILES string of the molecule is COc1ccc(S(=O)(=O)N2CCN(C(=O)CSCc3cccc(Cl)c3)CC2)cc1. The highest BCUT2D eigenvalue weighted by Crippen LogP contribution is 2.21. The summed E-state index contributed by atoms with van der Waals surface area (Å²) in [6, 6.07) is 13.9. The van der Waals surface area contributed by atoms with Gasteiger partial charge < -0.3 is 9.64 Å². The molecule has 0 unspecified atom stereocenters. The van der Waals surface area contributed by atoms with Crippen molar-refractivity contribution in [1.82, 2.24) is 9.21 Å². The smallest absolute Gasteiger partial charge is 0.243 e. The summed E-state index contributed by atoms with van der Waals surface area (Å²) in [5, 5.41) is 0.684. The molecule has 0 spiro atoms. The fraction of sp³-hybridized carbons (Fsp3) is 0.350. The Kier molecular flexibility index (Phi) is 7.45. The van der Waals surface area contributed by atoms with E-state index in [1.165, 1.54) is 35.3 Å². The molecule has 0 saturated carbocycles. The van der Waals surface area contributed by atoms with Crippen LogP contribution in [-0.2, 0) is 20.6 Å². The second kappa shape index (κ2) is 9.84. The number of rotatable bonds is 7. The third-order valence-electron chi connectivity index (χ3n) is 4.67. The van der Waals surface area contributed by atoms with Crippen LogP contribution in [0.25, 0.3) is 0 Å². The zero-order chi connectivity index (χ0) is 20.9. The Morgan fingerprint density at radius 1 is 1.10 bits per heavy atom. The molecule has 0 aliphatic carbocycles. The van der Waals surface area contributed by atoms with E-state index in [4.69, 9.17) is 16.3 Å². The number of hydrogen-bond donors (Lipinski definition) is 0. The highest BCUT2D eigenvalue weighted by Gasteiger charge is 2.30. The van der Waals surface area contributed by atoms with Crippen molar-refractivity contribution in [3.8, 4) is 5.75 Å². The lowest BCUT2D eigenvalue weighted by Crippen LogP contribution is -2.50. The zero-order valence-electron chi connectivity index (χ0n) is 16.1. The van der Waals surface area contributed by atoms with Gasteiger partial charge in [0.1, 0.15) is 5.75 Å². The monoisotopic (exact) mass is 454 g/mol. The maximum Gasteiger partial charge on any atom is 0.243 e.